The van der Waals surface area contributed by atoms with E-state index in [1.807, 2.05) is 32.2 Å². The van der Waals surface area contributed by atoms with Gasteiger partial charge in [-0.25, -0.2) is 0 Å². The zero-order valence-electron chi connectivity index (χ0n) is 12.4. The van der Waals surface area contributed by atoms with Gasteiger partial charge in [0.1, 0.15) is 5.75 Å². The summed E-state index contributed by atoms with van der Waals surface area (Å²) in [6.45, 7) is 4.86. The molecule has 1 heterocycles. The molecule has 3 nitrogen and oxygen atoms in total. The van der Waals surface area contributed by atoms with Gasteiger partial charge in [-0.1, -0.05) is 12.1 Å². The second kappa shape index (κ2) is 5.92. The van der Waals surface area contributed by atoms with Crippen LogP contribution in [0.15, 0.2) is 54.7 Å². The van der Waals surface area contributed by atoms with Gasteiger partial charge in [-0.15, -0.1) is 0 Å². The Morgan fingerprint density at radius 1 is 1.10 bits per heavy atom. The zero-order chi connectivity index (χ0) is 14.7. The molecular weight excluding hydrogens is 260 g/mol. The first-order valence-corrected chi connectivity index (χ1v) is 7.27. The highest BCUT2D eigenvalue weighted by atomic mass is 16.5. The molecule has 0 aliphatic carbocycles. The van der Waals surface area contributed by atoms with E-state index in [2.05, 4.69) is 46.7 Å². The molecule has 3 rings (SSSR count). The maximum Gasteiger partial charge on any atom is 0.120 e. The smallest absolute Gasteiger partial charge is 0.120 e. The standard InChI is InChI=1S/C18H20N2O/c1-13(2)21-17-5-3-4-14(10-17)12-20-16-6-7-18-15(11-16)8-9-19-18/h3-11,13,19-20H,12H2,1-2H3. The Hall–Kier alpha value is -2.42. The third kappa shape index (κ3) is 3.37. The predicted octanol–water partition coefficient (Wildman–Crippen LogP) is 4.57. The first-order chi connectivity index (χ1) is 10.2. The Labute approximate surface area is 125 Å². The molecule has 0 aliphatic heterocycles. The molecule has 0 fully saturated rings. The number of fused-ring (bicyclic) bond motifs is 1. The number of aromatic nitrogens is 1. The fraction of sp³-hybridized carbons (Fsp3) is 0.222. The largest absolute Gasteiger partial charge is 0.491 e. The van der Waals surface area contributed by atoms with Crippen molar-refractivity contribution in [1.82, 2.24) is 4.98 Å². The molecule has 3 heteroatoms. The van der Waals surface area contributed by atoms with Gasteiger partial charge >= 0.3 is 0 Å². The number of H-pyrrole nitrogens is 1. The van der Waals surface area contributed by atoms with Crippen molar-refractivity contribution in [3.8, 4) is 5.75 Å². The lowest BCUT2D eigenvalue weighted by atomic mass is 10.2. The van der Waals surface area contributed by atoms with Crippen molar-refractivity contribution < 1.29 is 4.74 Å². The summed E-state index contributed by atoms with van der Waals surface area (Å²) in [5.74, 6) is 0.922. The molecule has 1 aromatic heterocycles. The Balaban J connectivity index is 1.69. The van der Waals surface area contributed by atoms with Crippen LogP contribution in [-0.2, 0) is 6.54 Å². The van der Waals surface area contributed by atoms with E-state index in [1.54, 1.807) is 0 Å². The van der Waals surface area contributed by atoms with Crippen molar-refractivity contribution in [3.05, 3.63) is 60.3 Å². The van der Waals surface area contributed by atoms with Crippen LogP contribution in [0.25, 0.3) is 10.9 Å². The number of hydrogen-bond acceptors (Lipinski definition) is 2. The van der Waals surface area contributed by atoms with E-state index in [4.69, 9.17) is 4.74 Å². The first kappa shape index (κ1) is 13.6. The van der Waals surface area contributed by atoms with E-state index < -0.39 is 0 Å². The maximum absolute atomic E-state index is 5.72. The van der Waals surface area contributed by atoms with Crippen LogP contribution in [0.3, 0.4) is 0 Å². The number of benzene rings is 2. The molecule has 108 valence electrons. The van der Waals surface area contributed by atoms with Gasteiger partial charge in [0, 0.05) is 29.3 Å². The molecule has 0 aliphatic rings. The number of anilines is 1. The van der Waals surface area contributed by atoms with E-state index in [0.717, 1.165) is 23.5 Å². The van der Waals surface area contributed by atoms with Gasteiger partial charge in [-0.3, -0.25) is 0 Å². The van der Waals surface area contributed by atoms with Crippen LogP contribution in [0.1, 0.15) is 19.4 Å². The van der Waals surface area contributed by atoms with Crippen LogP contribution in [0.2, 0.25) is 0 Å². The molecule has 0 saturated heterocycles. The maximum atomic E-state index is 5.72. The summed E-state index contributed by atoms with van der Waals surface area (Å²) < 4.78 is 5.72. The predicted molar refractivity (Wildman–Crippen MR) is 87.8 cm³/mol. The van der Waals surface area contributed by atoms with Crippen molar-refractivity contribution in [1.29, 1.82) is 0 Å². The number of rotatable bonds is 5. The summed E-state index contributed by atoms with van der Waals surface area (Å²) in [4.78, 5) is 3.20. The quantitative estimate of drug-likeness (QED) is 0.718. The summed E-state index contributed by atoms with van der Waals surface area (Å²) in [6, 6.07) is 16.6. The average molecular weight is 280 g/mol. The lowest BCUT2D eigenvalue weighted by molar-refractivity contribution is 0.242. The van der Waals surface area contributed by atoms with Crippen molar-refractivity contribution in [2.45, 2.75) is 26.5 Å². The summed E-state index contributed by atoms with van der Waals surface area (Å²) in [5, 5.41) is 4.67. The van der Waals surface area contributed by atoms with Gasteiger partial charge in [0.05, 0.1) is 6.10 Å². The molecule has 0 radical (unpaired) electrons. The number of nitrogens with one attached hydrogen (secondary N) is 2. The lowest BCUT2D eigenvalue weighted by Gasteiger charge is -2.12. The van der Waals surface area contributed by atoms with E-state index in [-0.39, 0.29) is 6.10 Å². The Kier molecular flexibility index (Phi) is 3.82. The lowest BCUT2D eigenvalue weighted by Crippen LogP contribution is -2.06. The minimum atomic E-state index is 0.198. The van der Waals surface area contributed by atoms with Gasteiger partial charge in [0.2, 0.25) is 0 Å². The van der Waals surface area contributed by atoms with Crippen LogP contribution >= 0.6 is 0 Å². The van der Waals surface area contributed by atoms with Gasteiger partial charge < -0.3 is 15.0 Å². The van der Waals surface area contributed by atoms with Crippen LogP contribution < -0.4 is 10.1 Å². The molecule has 0 spiro atoms. The molecule has 0 unspecified atom stereocenters. The fourth-order valence-electron chi connectivity index (χ4n) is 2.37. The van der Waals surface area contributed by atoms with Crippen LogP contribution in [0, 0.1) is 0 Å². The number of aromatic amines is 1. The fourth-order valence-corrected chi connectivity index (χ4v) is 2.37. The van der Waals surface area contributed by atoms with Gasteiger partial charge in [0.25, 0.3) is 0 Å². The monoisotopic (exact) mass is 280 g/mol. The third-order valence-corrected chi connectivity index (χ3v) is 3.32. The van der Waals surface area contributed by atoms with Crippen molar-refractivity contribution in [2.75, 3.05) is 5.32 Å². The van der Waals surface area contributed by atoms with E-state index in [0.29, 0.717) is 0 Å². The van der Waals surface area contributed by atoms with Crippen molar-refractivity contribution in [2.24, 2.45) is 0 Å². The SMILES string of the molecule is CC(C)Oc1cccc(CNc2ccc3[nH]ccc3c2)c1. The minimum absolute atomic E-state index is 0.198. The first-order valence-electron chi connectivity index (χ1n) is 7.27. The molecule has 2 N–H and O–H groups in total. The van der Waals surface area contributed by atoms with Gasteiger partial charge in [-0.2, -0.15) is 0 Å². The Bertz CT molecular complexity index is 731. The molecule has 21 heavy (non-hydrogen) atoms. The second-order valence-electron chi connectivity index (χ2n) is 5.45. The molecule has 0 bridgehead atoms. The normalized spacial score (nSPS) is 11.0. The van der Waals surface area contributed by atoms with Crippen molar-refractivity contribution >= 4 is 16.6 Å². The zero-order valence-corrected chi connectivity index (χ0v) is 12.4. The topological polar surface area (TPSA) is 37.0 Å². The molecule has 3 aromatic rings. The third-order valence-electron chi connectivity index (χ3n) is 3.32. The average Bonchev–Trinajstić information content (AvgIpc) is 2.92. The highest BCUT2D eigenvalue weighted by Crippen LogP contribution is 2.20. The summed E-state index contributed by atoms with van der Waals surface area (Å²) in [5.41, 5.74) is 3.49. The summed E-state index contributed by atoms with van der Waals surface area (Å²) >= 11 is 0. The molecule has 0 amide bonds. The molecular formula is C18H20N2O. The number of ether oxygens (including phenoxy) is 1. The van der Waals surface area contributed by atoms with E-state index >= 15 is 0 Å². The Morgan fingerprint density at radius 3 is 2.86 bits per heavy atom. The van der Waals surface area contributed by atoms with Crippen LogP contribution in [0.4, 0.5) is 5.69 Å². The van der Waals surface area contributed by atoms with Gasteiger partial charge in [0.15, 0.2) is 0 Å². The second-order valence-corrected chi connectivity index (χ2v) is 5.45. The molecule has 0 atom stereocenters. The number of hydrogen-bond donors (Lipinski definition) is 2. The van der Waals surface area contributed by atoms with Gasteiger partial charge in [-0.05, 0) is 55.8 Å². The van der Waals surface area contributed by atoms with E-state index in [1.165, 1.54) is 10.9 Å². The Morgan fingerprint density at radius 2 is 2.00 bits per heavy atom. The minimum Gasteiger partial charge on any atom is -0.491 e. The summed E-state index contributed by atoms with van der Waals surface area (Å²) in [7, 11) is 0. The molecule has 0 saturated carbocycles. The van der Waals surface area contributed by atoms with Crippen LogP contribution in [-0.4, -0.2) is 11.1 Å². The van der Waals surface area contributed by atoms with Crippen LogP contribution in [0.5, 0.6) is 5.75 Å². The van der Waals surface area contributed by atoms with E-state index in [9.17, 15) is 0 Å². The highest BCUT2D eigenvalue weighted by molar-refractivity contribution is 5.82. The summed E-state index contributed by atoms with van der Waals surface area (Å²) in [6.07, 6.45) is 2.16. The molecule has 2 aromatic carbocycles. The van der Waals surface area contributed by atoms with Crippen molar-refractivity contribution in [3.63, 3.8) is 0 Å². The highest BCUT2D eigenvalue weighted by Gasteiger charge is 2.01.